The molecule has 0 rings (SSSR count). The molecule has 0 heterocycles. The van der Waals surface area contributed by atoms with Crippen LogP contribution in [0.15, 0.2) is 0 Å². The molecule has 0 saturated heterocycles. The Morgan fingerprint density at radius 2 is 1.00 bits per heavy atom. The summed E-state index contributed by atoms with van der Waals surface area (Å²) in [5.41, 5.74) is 0. The second-order valence-corrected chi connectivity index (χ2v) is 3.67. The van der Waals surface area contributed by atoms with Gasteiger partial charge in [-0.15, -0.1) is 0 Å². The molecule has 6 heavy (non-hydrogen) atoms. The third kappa shape index (κ3) is 77.2. The molecule has 0 fully saturated rings. The Kier molecular flexibility index (Phi) is 172. The van der Waals surface area contributed by atoms with Gasteiger partial charge in [-0.1, -0.05) is 0 Å². The Labute approximate surface area is 58.0 Å². The van der Waals surface area contributed by atoms with Crippen LogP contribution in [0.4, 0.5) is 0 Å². The monoisotopic (exact) mass is 158 g/mol. The maximum absolute atomic E-state index is 4.53. The van der Waals surface area contributed by atoms with Crippen LogP contribution in [0.5, 0.6) is 0 Å². The fraction of sp³-hybridized carbons (Fsp3) is 0. The van der Waals surface area contributed by atoms with Gasteiger partial charge in [0.2, 0.25) is 0 Å². The standard InChI is InChI=1S/H6OSi2.2O.Ti/c2-1-3;;;/h2-3H3;;;/q;2*-2;+4. The Hall–Kier alpha value is 1.03. The largest absolute Gasteiger partial charge is 4.00 e. The first-order valence-electron chi connectivity index (χ1n) is 0.816. The number of hydrogen-bond acceptors (Lipinski definition) is 1. The number of hydrogen-bond donors (Lipinski definition) is 0. The van der Waals surface area contributed by atoms with Crippen molar-refractivity contribution in [2.24, 2.45) is 0 Å². The van der Waals surface area contributed by atoms with Crippen molar-refractivity contribution in [2.75, 3.05) is 0 Å². The zero-order valence-corrected chi connectivity index (χ0v) is 9.29. The van der Waals surface area contributed by atoms with E-state index in [1.165, 1.54) is 0 Å². The maximum Gasteiger partial charge on any atom is 4.00 e. The van der Waals surface area contributed by atoms with Gasteiger partial charge in [0.05, 0.1) is 0 Å². The van der Waals surface area contributed by atoms with E-state index < -0.39 is 0 Å². The molecule has 36 valence electrons. The van der Waals surface area contributed by atoms with Crippen molar-refractivity contribution >= 4 is 21.0 Å². The van der Waals surface area contributed by atoms with Gasteiger partial charge < -0.3 is 15.1 Å². The zero-order valence-electron chi connectivity index (χ0n) is 3.72. The van der Waals surface area contributed by atoms with Gasteiger partial charge in [-0.05, 0) is 0 Å². The Morgan fingerprint density at radius 3 is 1.00 bits per heavy atom. The van der Waals surface area contributed by atoms with Gasteiger partial charge in [-0.2, -0.15) is 0 Å². The quantitative estimate of drug-likeness (QED) is 0.354. The third-order valence-electron chi connectivity index (χ3n) is 0. The van der Waals surface area contributed by atoms with E-state index in [0.717, 1.165) is 21.0 Å². The van der Waals surface area contributed by atoms with E-state index in [4.69, 9.17) is 0 Å². The molecule has 0 amide bonds. The zero-order chi connectivity index (χ0) is 2.71. The van der Waals surface area contributed by atoms with Gasteiger partial charge in [-0.3, -0.25) is 0 Å². The molecule has 0 unspecified atom stereocenters. The molecule has 0 aromatic heterocycles. The first-order chi connectivity index (χ1) is 1.41. The Bertz CT molecular complexity index is 8.75. The van der Waals surface area contributed by atoms with Crippen LogP contribution in [0.2, 0.25) is 0 Å². The summed E-state index contributed by atoms with van der Waals surface area (Å²) in [6, 6.07) is 0. The predicted molar refractivity (Wildman–Crippen MR) is 22.3 cm³/mol. The van der Waals surface area contributed by atoms with Crippen LogP contribution in [-0.2, 0) is 36.8 Å². The van der Waals surface area contributed by atoms with E-state index in [1.54, 1.807) is 0 Å². The van der Waals surface area contributed by atoms with E-state index in [2.05, 4.69) is 4.12 Å². The molecule has 6 heteroatoms. The van der Waals surface area contributed by atoms with Crippen molar-refractivity contribution in [3.05, 3.63) is 0 Å². The molecule has 3 nitrogen and oxygen atoms in total. The first kappa shape index (κ1) is 27.9. The van der Waals surface area contributed by atoms with Crippen molar-refractivity contribution in [3.63, 3.8) is 0 Å². The minimum atomic E-state index is 0. The fourth-order valence-corrected chi connectivity index (χ4v) is 0. The van der Waals surface area contributed by atoms with E-state index in [-0.39, 0.29) is 32.7 Å². The van der Waals surface area contributed by atoms with Crippen molar-refractivity contribution in [2.45, 2.75) is 0 Å². The van der Waals surface area contributed by atoms with Crippen LogP contribution >= 0.6 is 0 Å². The summed E-state index contributed by atoms with van der Waals surface area (Å²) < 4.78 is 4.53. The summed E-state index contributed by atoms with van der Waals surface area (Å²) >= 11 is 0. The van der Waals surface area contributed by atoms with Gasteiger partial charge in [0.15, 0.2) is 0 Å². The summed E-state index contributed by atoms with van der Waals surface area (Å²) in [5, 5.41) is 0. The molecular weight excluding hydrogens is 152 g/mol. The molecule has 0 aromatic carbocycles. The van der Waals surface area contributed by atoms with Gasteiger partial charge >= 0.3 is 21.7 Å². The molecule has 0 radical (unpaired) electrons. The molecule has 0 aromatic rings. The Balaban J connectivity index is -0.00000000667. The molecular formula is H6O3Si2Ti. The van der Waals surface area contributed by atoms with Crippen molar-refractivity contribution < 1.29 is 36.8 Å². The van der Waals surface area contributed by atoms with E-state index in [0.29, 0.717) is 0 Å². The van der Waals surface area contributed by atoms with Gasteiger partial charge in [0.25, 0.3) is 0 Å². The first-order valence-corrected chi connectivity index (χ1v) is 2.45. The fourth-order valence-electron chi connectivity index (χ4n) is 0. The summed E-state index contributed by atoms with van der Waals surface area (Å²) in [7, 11) is 1.86. The minimum absolute atomic E-state index is 0. The van der Waals surface area contributed by atoms with Crippen LogP contribution in [0, 0.1) is 0 Å². The average molecular weight is 158 g/mol. The molecule has 0 spiro atoms. The summed E-state index contributed by atoms with van der Waals surface area (Å²) in [4.78, 5) is 0. The summed E-state index contributed by atoms with van der Waals surface area (Å²) in [6.07, 6.45) is 0. The molecule has 0 N–H and O–H groups in total. The minimum Gasteiger partial charge on any atom is -2.00 e. The normalized spacial score (nSPS) is 4.00. The van der Waals surface area contributed by atoms with Crippen molar-refractivity contribution in [1.29, 1.82) is 0 Å². The molecule has 0 aliphatic carbocycles. The van der Waals surface area contributed by atoms with Crippen LogP contribution in [0.25, 0.3) is 0 Å². The summed E-state index contributed by atoms with van der Waals surface area (Å²) in [6.45, 7) is 0. The topological polar surface area (TPSA) is 66.2 Å². The third-order valence-corrected chi connectivity index (χ3v) is 0. The SMILES string of the molecule is [O-2].[O-2].[SiH3]O[SiH3].[Ti+4]. The maximum atomic E-state index is 4.53. The van der Waals surface area contributed by atoms with E-state index >= 15 is 0 Å². The molecule has 0 atom stereocenters. The molecule has 0 aliphatic heterocycles. The van der Waals surface area contributed by atoms with Gasteiger partial charge in [0.1, 0.15) is 21.0 Å². The summed E-state index contributed by atoms with van der Waals surface area (Å²) in [5.74, 6) is 0. The van der Waals surface area contributed by atoms with E-state index in [9.17, 15) is 0 Å². The number of rotatable bonds is 0. The second kappa shape index (κ2) is 37.1. The second-order valence-electron chi connectivity index (χ2n) is 0.408. The van der Waals surface area contributed by atoms with E-state index in [1.807, 2.05) is 0 Å². The van der Waals surface area contributed by atoms with Crippen LogP contribution < -0.4 is 0 Å². The molecule has 0 saturated carbocycles. The van der Waals surface area contributed by atoms with Crippen LogP contribution in [0.3, 0.4) is 0 Å². The predicted octanol–water partition coefficient (Wildman–Crippen LogP) is -2.68. The van der Waals surface area contributed by atoms with Crippen LogP contribution in [-0.4, -0.2) is 21.0 Å². The Morgan fingerprint density at radius 1 is 1.00 bits per heavy atom. The van der Waals surface area contributed by atoms with Crippen LogP contribution in [0.1, 0.15) is 0 Å². The molecule has 0 bridgehead atoms. The van der Waals surface area contributed by atoms with Crippen molar-refractivity contribution in [3.8, 4) is 0 Å². The van der Waals surface area contributed by atoms with Gasteiger partial charge in [-0.25, -0.2) is 0 Å². The van der Waals surface area contributed by atoms with Crippen molar-refractivity contribution in [1.82, 2.24) is 0 Å². The molecule has 0 aliphatic rings. The smallest absolute Gasteiger partial charge is 2.00 e. The van der Waals surface area contributed by atoms with Gasteiger partial charge in [0, 0.05) is 0 Å². The average Bonchev–Trinajstić information content (AvgIpc) is 0.918.